The van der Waals surface area contributed by atoms with Crippen molar-refractivity contribution in [1.29, 1.82) is 5.26 Å². The molecule has 0 fully saturated rings. The molecule has 1 aromatic rings. The van der Waals surface area contributed by atoms with E-state index >= 15 is 0 Å². The zero-order chi connectivity index (χ0) is 13.0. The molecule has 6 nitrogen and oxygen atoms in total. The van der Waals surface area contributed by atoms with Crippen molar-refractivity contribution in [2.75, 3.05) is 7.11 Å². The maximum Gasteiger partial charge on any atom is 0.327 e. The van der Waals surface area contributed by atoms with E-state index in [1.54, 1.807) is 6.07 Å². The fourth-order valence-corrected chi connectivity index (χ4v) is 1.64. The van der Waals surface area contributed by atoms with Gasteiger partial charge in [0.1, 0.15) is 0 Å². The molecule has 17 heavy (non-hydrogen) atoms. The van der Waals surface area contributed by atoms with Crippen molar-refractivity contribution in [3.05, 3.63) is 38.3 Å². The van der Waals surface area contributed by atoms with E-state index in [1.807, 2.05) is 0 Å². The first-order valence-corrected chi connectivity index (χ1v) is 5.21. The van der Waals surface area contributed by atoms with Gasteiger partial charge in [-0.15, -0.1) is 0 Å². The average molecular weight is 299 g/mol. The van der Waals surface area contributed by atoms with Crippen molar-refractivity contribution in [2.45, 2.75) is 5.92 Å². The Morgan fingerprint density at radius 1 is 1.65 bits per heavy atom. The van der Waals surface area contributed by atoms with Crippen LogP contribution in [0.4, 0.5) is 5.69 Å². The molecule has 1 atom stereocenters. The van der Waals surface area contributed by atoms with Crippen LogP contribution >= 0.6 is 15.9 Å². The van der Waals surface area contributed by atoms with Crippen molar-refractivity contribution in [2.24, 2.45) is 0 Å². The molecule has 0 unspecified atom stereocenters. The molecule has 7 heteroatoms. The molecule has 1 rings (SSSR count). The Labute approximate surface area is 105 Å². The molecule has 0 radical (unpaired) electrons. The van der Waals surface area contributed by atoms with Gasteiger partial charge in [-0.25, -0.2) is 0 Å². The molecule has 0 heterocycles. The standard InChI is InChI=1S/C10H7BrN2O4/c1-17-10(14)8(5-12)7-3-2-6(11)4-9(7)13(15)16/h2-4,8H,1H3/t8-/m1/s1. The second-order valence-electron chi connectivity index (χ2n) is 3.05. The smallest absolute Gasteiger partial charge is 0.327 e. The Bertz CT molecular complexity index is 510. The first-order valence-electron chi connectivity index (χ1n) is 4.42. The summed E-state index contributed by atoms with van der Waals surface area (Å²) in [7, 11) is 1.12. The maximum absolute atomic E-state index is 11.3. The summed E-state index contributed by atoms with van der Waals surface area (Å²) in [5.41, 5.74) is -0.274. The first kappa shape index (κ1) is 13.1. The molecule has 0 saturated carbocycles. The number of rotatable bonds is 3. The van der Waals surface area contributed by atoms with E-state index in [2.05, 4.69) is 20.7 Å². The van der Waals surface area contributed by atoms with Crippen LogP contribution in [0.25, 0.3) is 0 Å². The van der Waals surface area contributed by atoms with E-state index in [0.29, 0.717) is 4.47 Å². The van der Waals surface area contributed by atoms with Crippen LogP contribution in [0, 0.1) is 21.4 Å². The van der Waals surface area contributed by atoms with Crippen molar-refractivity contribution in [3.8, 4) is 6.07 Å². The zero-order valence-electron chi connectivity index (χ0n) is 8.71. The normalized spacial score (nSPS) is 11.4. The number of methoxy groups -OCH3 is 1. The van der Waals surface area contributed by atoms with Crippen LogP contribution < -0.4 is 0 Å². The number of nitro groups is 1. The van der Waals surface area contributed by atoms with Gasteiger partial charge < -0.3 is 4.74 Å². The van der Waals surface area contributed by atoms with Crippen molar-refractivity contribution in [1.82, 2.24) is 0 Å². The number of halogens is 1. The lowest BCUT2D eigenvalue weighted by atomic mass is 9.99. The van der Waals surface area contributed by atoms with E-state index in [0.717, 1.165) is 7.11 Å². The topological polar surface area (TPSA) is 93.2 Å². The van der Waals surface area contributed by atoms with Gasteiger partial charge in [-0.1, -0.05) is 15.9 Å². The number of nitriles is 1. The summed E-state index contributed by atoms with van der Waals surface area (Å²) in [4.78, 5) is 21.5. The number of carbonyl (C=O) groups is 1. The van der Waals surface area contributed by atoms with E-state index in [9.17, 15) is 14.9 Å². The van der Waals surface area contributed by atoms with Gasteiger partial charge in [-0.2, -0.15) is 5.26 Å². The fraction of sp³-hybridized carbons (Fsp3) is 0.200. The quantitative estimate of drug-likeness (QED) is 0.484. The predicted molar refractivity (Wildman–Crippen MR) is 61.2 cm³/mol. The second kappa shape index (κ2) is 5.41. The van der Waals surface area contributed by atoms with Gasteiger partial charge in [0.2, 0.25) is 0 Å². The van der Waals surface area contributed by atoms with Gasteiger partial charge in [0.15, 0.2) is 5.92 Å². The van der Waals surface area contributed by atoms with Gasteiger partial charge in [-0.05, 0) is 12.1 Å². The van der Waals surface area contributed by atoms with Crippen LogP contribution in [-0.4, -0.2) is 18.0 Å². The minimum atomic E-state index is -1.30. The molecular weight excluding hydrogens is 292 g/mol. The zero-order valence-corrected chi connectivity index (χ0v) is 10.3. The molecule has 88 valence electrons. The van der Waals surface area contributed by atoms with E-state index in [1.165, 1.54) is 18.2 Å². The van der Waals surface area contributed by atoms with E-state index in [-0.39, 0.29) is 11.3 Å². The largest absolute Gasteiger partial charge is 0.468 e. The number of hydrogen-bond acceptors (Lipinski definition) is 5. The van der Waals surface area contributed by atoms with Crippen molar-refractivity contribution in [3.63, 3.8) is 0 Å². The Hall–Kier alpha value is -1.94. The number of benzene rings is 1. The van der Waals surface area contributed by atoms with E-state index in [4.69, 9.17) is 5.26 Å². The summed E-state index contributed by atoms with van der Waals surface area (Å²) >= 11 is 3.09. The fourth-order valence-electron chi connectivity index (χ4n) is 1.29. The highest BCUT2D eigenvalue weighted by Crippen LogP contribution is 2.30. The van der Waals surface area contributed by atoms with Crippen LogP contribution in [-0.2, 0) is 9.53 Å². The van der Waals surface area contributed by atoms with Gasteiger partial charge >= 0.3 is 5.97 Å². The SMILES string of the molecule is COC(=O)[C@H](C#N)c1ccc(Br)cc1[N+](=O)[O-]. The molecule has 1 aromatic carbocycles. The molecule has 0 aliphatic rings. The Morgan fingerprint density at radius 3 is 2.76 bits per heavy atom. The number of nitro benzene ring substituents is 1. The number of nitrogens with zero attached hydrogens (tertiary/aromatic N) is 2. The molecule has 0 aromatic heterocycles. The van der Waals surface area contributed by atoms with Gasteiger partial charge in [0.05, 0.1) is 23.7 Å². The third-order valence-corrected chi connectivity index (χ3v) is 2.56. The summed E-state index contributed by atoms with van der Waals surface area (Å²) in [5, 5.41) is 19.7. The van der Waals surface area contributed by atoms with Gasteiger partial charge in [0, 0.05) is 10.5 Å². The number of esters is 1. The van der Waals surface area contributed by atoms with Gasteiger partial charge in [0.25, 0.3) is 5.69 Å². The summed E-state index contributed by atoms with van der Waals surface area (Å²) in [6, 6.07) is 5.81. The number of carbonyl (C=O) groups excluding carboxylic acids is 1. The monoisotopic (exact) mass is 298 g/mol. The predicted octanol–water partition coefficient (Wildman–Crippen LogP) is 2.14. The third kappa shape index (κ3) is 2.79. The maximum atomic E-state index is 11.3. The van der Waals surface area contributed by atoms with Crippen LogP contribution in [0.3, 0.4) is 0 Å². The summed E-state index contributed by atoms with van der Waals surface area (Å²) in [6.07, 6.45) is 0. The molecule has 0 saturated heterocycles. The lowest BCUT2D eigenvalue weighted by molar-refractivity contribution is -0.385. The highest BCUT2D eigenvalue weighted by atomic mass is 79.9. The van der Waals surface area contributed by atoms with Gasteiger partial charge in [-0.3, -0.25) is 14.9 Å². The molecule has 0 amide bonds. The minimum Gasteiger partial charge on any atom is -0.468 e. The summed E-state index contributed by atoms with van der Waals surface area (Å²) < 4.78 is 4.92. The van der Waals surface area contributed by atoms with Crippen LogP contribution in [0.2, 0.25) is 0 Å². The molecule has 0 spiro atoms. The van der Waals surface area contributed by atoms with Crippen molar-refractivity contribution < 1.29 is 14.5 Å². The highest BCUT2D eigenvalue weighted by Gasteiger charge is 2.28. The lowest BCUT2D eigenvalue weighted by Crippen LogP contribution is -2.14. The lowest BCUT2D eigenvalue weighted by Gasteiger charge is -2.07. The minimum absolute atomic E-state index is 0.0209. The molecule has 0 aliphatic carbocycles. The Balaban J connectivity index is 3.34. The number of ether oxygens (including phenoxy) is 1. The molecule has 0 bridgehead atoms. The van der Waals surface area contributed by atoms with Crippen molar-refractivity contribution >= 4 is 27.6 Å². The molecule has 0 N–H and O–H groups in total. The highest BCUT2D eigenvalue weighted by molar-refractivity contribution is 9.10. The van der Waals surface area contributed by atoms with Crippen LogP contribution in [0.5, 0.6) is 0 Å². The van der Waals surface area contributed by atoms with Crippen LogP contribution in [0.1, 0.15) is 11.5 Å². The van der Waals surface area contributed by atoms with E-state index < -0.39 is 16.8 Å². The first-order chi connectivity index (χ1) is 8.01. The Kier molecular flexibility index (Phi) is 4.17. The third-order valence-electron chi connectivity index (χ3n) is 2.07. The van der Waals surface area contributed by atoms with Crippen LogP contribution in [0.15, 0.2) is 22.7 Å². The average Bonchev–Trinajstić information content (AvgIpc) is 2.31. The second-order valence-corrected chi connectivity index (χ2v) is 3.96. The molecular formula is C10H7BrN2O4. The Morgan fingerprint density at radius 2 is 2.29 bits per heavy atom. The molecule has 0 aliphatic heterocycles. The number of hydrogen-bond donors (Lipinski definition) is 0. The summed E-state index contributed by atoms with van der Waals surface area (Å²) in [6.45, 7) is 0. The summed E-state index contributed by atoms with van der Waals surface area (Å²) in [5.74, 6) is -2.12.